The third-order valence-electron chi connectivity index (χ3n) is 3.25. The van der Waals surface area contributed by atoms with E-state index in [-0.39, 0.29) is 5.91 Å². The van der Waals surface area contributed by atoms with E-state index in [2.05, 4.69) is 10.3 Å². The number of fused-ring (bicyclic) bond motifs is 1. The molecule has 0 spiro atoms. The van der Waals surface area contributed by atoms with Crippen LogP contribution >= 0.6 is 11.3 Å². The quantitative estimate of drug-likeness (QED) is 0.776. The van der Waals surface area contributed by atoms with Crippen molar-refractivity contribution in [3.05, 3.63) is 59.1 Å². The van der Waals surface area contributed by atoms with Gasteiger partial charge in [-0.25, -0.2) is 4.98 Å². The minimum atomic E-state index is -0.634. The Morgan fingerprint density at radius 1 is 1.29 bits per heavy atom. The number of carbonyl (C=O) groups is 1. The van der Waals surface area contributed by atoms with Crippen LogP contribution in [0.1, 0.15) is 28.9 Å². The highest BCUT2D eigenvalue weighted by Gasteiger charge is 2.12. The van der Waals surface area contributed by atoms with Crippen molar-refractivity contribution in [2.24, 2.45) is 0 Å². The summed E-state index contributed by atoms with van der Waals surface area (Å²) in [7, 11) is 0. The first-order valence-electron chi connectivity index (χ1n) is 6.57. The summed E-state index contributed by atoms with van der Waals surface area (Å²) in [6.07, 6.45) is -0.634. The third-order valence-corrected chi connectivity index (χ3v) is 4.04. The number of nitrogens with zero attached hydrogens (tertiary/aromatic N) is 1. The fraction of sp³-hybridized carbons (Fsp3) is 0.125. The molecular formula is C16H14N2O2S. The SMILES string of the molecule is CC(O)c1ccccc1NC(=O)c1ccc2ncsc2c1. The van der Waals surface area contributed by atoms with E-state index in [1.54, 1.807) is 30.6 Å². The summed E-state index contributed by atoms with van der Waals surface area (Å²) in [6, 6.07) is 12.7. The molecule has 1 unspecified atom stereocenters. The van der Waals surface area contributed by atoms with Crippen molar-refractivity contribution < 1.29 is 9.90 Å². The van der Waals surface area contributed by atoms with Gasteiger partial charge in [0.05, 0.1) is 21.8 Å². The molecule has 3 aromatic rings. The molecule has 2 N–H and O–H groups in total. The Labute approximate surface area is 126 Å². The molecule has 0 radical (unpaired) electrons. The number of aromatic nitrogens is 1. The number of thiazole rings is 1. The van der Waals surface area contributed by atoms with Crippen molar-refractivity contribution in [1.82, 2.24) is 4.98 Å². The second kappa shape index (κ2) is 5.63. The number of anilines is 1. The summed E-state index contributed by atoms with van der Waals surface area (Å²) in [5.74, 6) is -0.196. The fourth-order valence-corrected chi connectivity index (χ4v) is 2.88. The van der Waals surface area contributed by atoms with Crippen LogP contribution < -0.4 is 5.32 Å². The Bertz CT molecular complexity index is 796. The molecule has 1 heterocycles. The molecular weight excluding hydrogens is 284 g/mol. The van der Waals surface area contributed by atoms with Gasteiger partial charge in [0.15, 0.2) is 0 Å². The molecule has 3 rings (SSSR count). The Morgan fingerprint density at radius 3 is 2.90 bits per heavy atom. The van der Waals surface area contributed by atoms with Crippen LogP contribution in [0.3, 0.4) is 0 Å². The zero-order chi connectivity index (χ0) is 14.8. The molecule has 106 valence electrons. The van der Waals surface area contributed by atoms with Gasteiger partial charge >= 0.3 is 0 Å². The van der Waals surface area contributed by atoms with Gasteiger partial charge in [-0.3, -0.25) is 4.79 Å². The molecule has 0 saturated carbocycles. The fourth-order valence-electron chi connectivity index (χ4n) is 2.17. The maximum atomic E-state index is 12.3. The molecule has 0 fully saturated rings. The van der Waals surface area contributed by atoms with Crippen LogP contribution in [0.4, 0.5) is 5.69 Å². The van der Waals surface area contributed by atoms with E-state index in [1.807, 2.05) is 24.3 Å². The number of nitrogens with one attached hydrogen (secondary N) is 1. The van der Waals surface area contributed by atoms with E-state index in [0.29, 0.717) is 16.8 Å². The lowest BCUT2D eigenvalue weighted by Crippen LogP contribution is -2.13. The highest BCUT2D eigenvalue weighted by molar-refractivity contribution is 7.16. The highest BCUT2D eigenvalue weighted by Crippen LogP contribution is 2.24. The molecule has 0 aliphatic rings. The van der Waals surface area contributed by atoms with Crippen molar-refractivity contribution in [3.63, 3.8) is 0 Å². The molecule has 0 saturated heterocycles. The summed E-state index contributed by atoms with van der Waals surface area (Å²) >= 11 is 1.50. The highest BCUT2D eigenvalue weighted by atomic mass is 32.1. The van der Waals surface area contributed by atoms with Crippen LogP contribution in [0.2, 0.25) is 0 Å². The summed E-state index contributed by atoms with van der Waals surface area (Å²) in [5.41, 5.74) is 4.55. The number of aliphatic hydroxyl groups excluding tert-OH is 1. The molecule has 1 amide bonds. The van der Waals surface area contributed by atoms with Gasteiger partial charge in [-0.2, -0.15) is 0 Å². The Morgan fingerprint density at radius 2 is 2.10 bits per heavy atom. The van der Waals surface area contributed by atoms with Gasteiger partial charge in [0, 0.05) is 16.8 Å². The summed E-state index contributed by atoms with van der Waals surface area (Å²) in [5, 5.41) is 12.6. The third kappa shape index (κ3) is 2.79. The molecule has 0 aliphatic carbocycles. The van der Waals surface area contributed by atoms with Crippen LogP contribution in [0, 0.1) is 0 Å². The number of aliphatic hydroxyl groups is 1. The summed E-state index contributed by atoms with van der Waals surface area (Å²) in [4.78, 5) is 16.5. The van der Waals surface area contributed by atoms with Crippen molar-refractivity contribution in [2.45, 2.75) is 13.0 Å². The first-order valence-corrected chi connectivity index (χ1v) is 7.45. The van der Waals surface area contributed by atoms with Gasteiger partial charge in [0.2, 0.25) is 0 Å². The van der Waals surface area contributed by atoms with Crippen LogP contribution in [-0.4, -0.2) is 16.0 Å². The van der Waals surface area contributed by atoms with Crippen molar-refractivity contribution >= 4 is 33.1 Å². The second-order valence-corrected chi connectivity index (χ2v) is 5.64. The van der Waals surface area contributed by atoms with E-state index in [0.717, 1.165) is 10.2 Å². The smallest absolute Gasteiger partial charge is 0.255 e. The summed E-state index contributed by atoms with van der Waals surface area (Å²) < 4.78 is 0.978. The lowest BCUT2D eigenvalue weighted by atomic mass is 10.1. The van der Waals surface area contributed by atoms with Crippen LogP contribution in [0.25, 0.3) is 10.2 Å². The lowest BCUT2D eigenvalue weighted by Gasteiger charge is -2.13. The molecule has 0 aliphatic heterocycles. The van der Waals surface area contributed by atoms with Crippen LogP contribution in [0.15, 0.2) is 48.0 Å². The topological polar surface area (TPSA) is 62.2 Å². The molecule has 0 bridgehead atoms. The molecule has 1 atom stereocenters. The second-order valence-electron chi connectivity index (χ2n) is 4.75. The average molecular weight is 298 g/mol. The zero-order valence-corrected chi connectivity index (χ0v) is 12.2. The predicted molar refractivity (Wildman–Crippen MR) is 84.6 cm³/mol. The van der Waals surface area contributed by atoms with Crippen LogP contribution in [0.5, 0.6) is 0 Å². The standard InChI is InChI=1S/C16H14N2O2S/c1-10(19)12-4-2-3-5-13(12)18-16(20)11-6-7-14-15(8-11)21-9-17-14/h2-10,19H,1H3,(H,18,20). The number of rotatable bonds is 3. The lowest BCUT2D eigenvalue weighted by molar-refractivity contribution is 0.102. The number of amides is 1. The zero-order valence-electron chi connectivity index (χ0n) is 11.4. The predicted octanol–water partition coefficient (Wildman–Crippen LogP) is 3.60. The Kier molecular flexibility index (Phi) is 3.68. The number of para-hydroxylation sites is 1. The molecule has 1 aromatic heterocycles. The number of carbonyl (C=O) groups excluding carboxylic acids is 1. The molecule has 5 heteroatoms. The monoisotopic (exact) mass is 298 g/mol. The Balaban J connectivity index is 1.89. The maximum Gasteiger partial charge on any atom is 0.255 e. The minimum Gasteiger partial charge on any atom is -0.389 e. The van der Waals surface area contributed by atoms with Gasteiger partial charge in [-0.15, -0.1) is 11.3 Å². The van der Waals surface area contributed by atoms with Gasteiger partial charge in [-0.1, -0.05) is 18.2 Å². The van der Waals surface area contributed by atoms with E-state index in [4.69, 9.17) is 0 Å². The van der Waals surface area contributed by atoms with Gasteiger partial charge < -0.3 is 10.4 Å². The number of hydrogen-bond acceptors (Lipinski definition) is 4. The van der Waals surface area contributed by atoms with E-state index in [9.17, 15) is 9.90 Å². The first kappa shape index (κ1) is 13.7. The molecule has 21 heavy (non-hydrogen) atoms. The van der Waals surface area contributed by atoms with Crippen molar-refractivity contribution in [1.29, 1.82) is 0 Å². The van der Waals surface area contributed by atoms with Crippen molar-refractivity contribution in [3.8, 4) is 0 Å². The van der Waals surface area contributed by atoms with Crippen LogP contribution in [-0.2, 0) is 0 Å². The minimum absolute atomic E-state index is 0.196. The van der Waals surface area contributed by atoms with Gasteiger partial charge in [-0.05, 0) is 31.2 Å². The number of hydrogen-bond donors (Lipinski definition) is 2. The number of benzene rings is 2. The van der Waals surface area contributed by atoms with E-state index >= 15 is 0 Å². The largest absolute Gasteiger partial charge is 0.389 e. The summed E-state index contributed by atoms with van der Waals surface area (Å²) in [6.45, 7) is 1.67. The van der Waals surface area contributed by atoms with Crippen molar-refractivity contribution in [2.75, 3.05) is 5.32 Å². The first-order chi connectivity index (χ1) is 10.1. The van der Waals surface area contributed by atoms with E-state index < -0.39 is 6.10 Å². The normalized spacial score (nSPS) is 12.3. The molecule has 2 aromatic carbocycles. The van der Waals surface area contributed by atoms with E-state index in [1.165, 1.54) is 11.3 Å². The van der Waals surface area contributed by atoms with Gasteiger partial charge in [0.25, 0.3) is 5.91 Å². The Hall–Kier alpha value is -2.24. The average Bonchev–Trinajstić information content (AvgIpc) is 2.94. The molecule has 4 nitrogen and oxygen atoms in total. The maximum absolute atomic E-state index is 12.3. The van der Waals surface area contributed by atoms with Gasteiger partial charge in [0.1, 0.15) is 0 Å².